The molecule has 0 aromatic carbocycles. The van der Waals surface area contributed by atoms with Gasteiger partial charge in [-0.2, -0.15) is 0 Å². The second-order valence-corrected chi connectivity index (χ2v) is 3.70. The summed E-state index contributed by atoms with van der Waals surface area (Å²) in [5.74, 6) is -0.0987. The highest BCUT2D eigenvalue weighted by Gasteiger charge is 2.26. The first kappa shape index (κ1) is 12.0. The van der Waals surface area contributed by atoms with Crippen LogP contribution in [0.3, 0.4) is 0 Å². The Morgan fingerprint density at radius 2 is 2.27 bits per heavy atom. The van der Waals surface area contributed by atoms with Crippen molar-refractivity contribution in [1.29, 1.82) is 0 Å². The fourth-order valence-electron chi connectivity index (χ4n) is 1.51. The van der Waals surface area contributed by atoms with Gasteiger partial charge in [0.15, 0.2) is 0 Å². The Morgan fingerprint density at radius 3 is 2.87 bits per heavy atom. The molecule has 0 aliphatic carbocycles. The van der Waals surface area contributed by atoms with Crippen LogP contribution in [0.25, 0.3) is 0 Å². The number of hydrogen-bond donors (Lipinski definition) is 3. The largest absolute Gasteiger partial charge is 0.353 e. The molecule has 5 nitrogen and oxygen atoms in total. The smallest absolute Gasteiger partial charge is 0.242 e. The molecule has 1 aliphatic heterocycles. The van der Waals surface area contributed by atoms with Crippen LogP contribution in [0.2, 0.25) is 0 Å². The zero-order valence-electron chi connectivity index (χ0n) is 9.14. The van der Waals surface area contributed by atoms with Crippen molar-refractivity contribution in [2.45, 2.75) is 32.2 Å². The van der Waals surface area contributed by atoms with Gasteiger partial charge in [0, 0.05) is 19.5 Å². The first-order chi connectivity index (χ1) is 7.24. The highest BCUT2D eigenvalue weighted by Crippen LogP contribution is 2.05. The average Bonchev–Trinajstić information content (AvgIpc) is 2.64. The summed E-state index contributed by atoms with van der Waals surface area (Å²) >= 11 is 0. The molecular weight excluding hydrogens is 194 g/mol. The summed E-state index contributed by atoms with van der Waals surface area (Å²) in [7, 11) is 0. The van der Waals surface area contributed by atoms with Gasteiger partial charge in [0.05, 0.1) is 0 Å². The molecule has 1 atom stereocenters. The molecule has 0 spiro atoms. The highest BCUT2D eigenvalue weighted by molar-refractivity contribution is 5.90. The van der Waals surface area contributed by atoms with E-state index in [0.29, 0.717) is 19.4 Å². The van der Waals surface area contributed by atoms with Crippen LogP contribution in [0.1, 0.15) is 26.2 Å². The molecule has 3 N–H and O–H groups in total. The van der Waals surface area contributed by atoms with Crippen molar-refractivity contribution >= 4 is 11.8 Å². The molecule has 0 radical (unpaired) electrons. The minimum atomic E-state index is -0.316. The Bertz CT molecular complexity index is 231. The molecule has 1 rings (SSSR count). The first-order valence-electron chi connectivity index (χ1n) is 5.52. The molecule has 0 saturated carbocycles. The number of amides is 2. The molecule has 2 amide bonds. The SMILES string of the molecule is CCCNCCNC(=O)C1CCC(=O)N1. The van der Waals surface area contributed by atoms with Crippen LogP contribution in [0.4, 0.5) is 0 Å². The van der Waals surface area contributed by atoms with Crippen molar-refractivity contribution in [3.05, 3.63) is 0 Å². The standard InChI is InChI=1S/C10H19N3O2/c1-2-5-11-6-7-12-10(15)8-3-4-9(14)13-8/h8,11H,2-7H2,1H3,(H,12,15)(H,13,14). The third-order valence-corrected chi connectivity index (χ3v) is 2.34. The summed E-state index contributed by atoms with van der Waals surface area (Å²) in [5, 5.41) is 8.61. The van der Waals surface area contributed by atoms with E-state index in [-0.39, 0.29) is 17.9 Å². The van der Waals surface area contributed by atoms with Crippen molar-refractivity contribution in [1.82, 2.24) is 16.0 Å². The minimum absolute atomic E-state index is 0.0285. The lowest BCUT2D eigenvalue weighted by molar-refractivity contribution is -0.125. The van der Waals surface area contributed by atoms with Gasteiger partial charge in [0.1, 0.15) is 6.04 Å². The van der Waals surface area contributed by atoms with Crippen LogP contribution in [-0.2, 0) is 9.59 Å². The van der Waals surface area contributed by atoms with Gasteiger partial charge in [-0.3, -0.25) is 9.59 Å². The van der Waals surface area contributed by atoms with Crippen LogP contribution < -0.4 is 16.0 Å². The monoisotopic (exact) mass is 213 g/mol. The average molecular weight is 213 g/mol. The van der Waals surface area contributed by atoms with Gasteiger partial charge in [-0.05, 0) is 19.4 Å². The fourth-order valence-corrected chi connectivity index (χ4v) is 1.51. The lowest BCUT2D eigenvalue weighted by atomic mass is 10.2. The van der Waals surface area contributed by atoms with Gasteiger partial charge in [-0.15, -0.1) is 0 Å². The zero-order valence-corrected chi connectivity index (χ0v) is 9.14. The Morgan fingerprint density at radius 1 is 1.47 bits per heavy atom. The lowest BCUT2D eigenvalue weighted by Gasteiger charge is -2.10. The van der Waals surface area contributed by atoms with E-state index in [9.17, 15) is 9.59 Å². The molecule has 1 heterocycles. The Balaban J connectivity index is 2.06. The van der Waals surface area contributed by atoms with Crippen LogP contribution in [0.5, 0.6) is 0 Å². The predicted octanol–water partition coefficient (Wildman–Crippen LogP) is -0.619. The third-order valence-electron chi connectivity index (χ3n) is 2.34. The van der Waals surface area contributed by atoms with E-state index in [0.717, 1.165) is 19.5 Å². The molecule has 5 heteroatoms. The molecular formula is C10H19N3O2. The number of carbonyl (C=O) groups excluding carboxylic acids is 2. The molecule has 1 aliphatic rings. The summed E-state index contributed by atoms with van der Waals surface area (Å²) < 4.78 is 0. The van der Waals surface area contributed by atoms with E-state index in [1.54, 1.807) is 0 Å². The summed E-state index contributed by atoms with van der Waals surface area (Å²) in [6.45, 7) is 4.46. The molecule has 0 aromatic heterocycles. The van der Waals surface area contributed by atoms with Gasteiger partial charge in [-0.25, -0.2) is 0 Å². The van der Waals surface area contributed by atoms with Crippen LogP contribution in [0.15, 0.2) is 0 Å². The van der Waals surface area contributed by atoms with Gasteiger partial charge in [0.25, 0.3) is 0 Å². The van der Waals surface area contributed by atoms with Crippen molar-refractivity contribution in [2.75, 3.05) is 19.6 Å². The predicted molar refractivity (Wildman–Crippen MR) is 57.3 cm³/mol. The molecule has 1 saturated heterocycles. The highest BCUT2D eigenvalue weighted by atomic mass is 16.2. The van der Waals surface area contributed by atoms with E-state index in [4.69, 9.17) is 0 Å². The molecule has 0 aromatic rings. The Labute approximate surface area is 90.0 Å². The molecule has 1 unspecified atom stereocenters. The van der Waals surface area contributed by atoms with E-state index < -0.39 is 0 Å². The van der Waals surface area contributed by atoms with Crippen LogP contribution in [0, 0.1) is 0 Å². The second-order valence-electron chi connectivity index (χ2n) is 3.70. The van der Waals surface area contributed by atoms with E-state index in [1.807, 2.05) is 0 Å². The zero-order chi connectivity index (χ0) is 11.1. The molecule has 1 fully saturated rings. The maximum absolute atomic E-state index is 11.5. The van der Waals surface area contributed by atoms with Crippen LogP contribution in [-0.4, -0.2) is 37.5 Å². The van der Waals surface area contributed by atoms with Gasteiger partial charge < -0.3 is 16.0 Å². The van der Waals surface area contributed by atoms with Gasteiger partial charge >= 0.3 is 0 Å². The topological polar surface area (TPSA) is 70.2 Å². The number of carbonyl (C=O) groups is 2. The van der Waals surface area contributed by atoms with Crippen molar-refractivity contribution < 1.29 is 9.59 Å². The fraction of sp³-hybridized carbons (Fsp3) is 0.800. The molecule has 15 heavy (non-hydrogen) atoms. The Kier molecular flexibility index (Phi) is 5.10. The third kappa shape index (κ3) is 4.29. The summed E-state index contributed by atoms with van der Waals surface area (Å²) in [4.78, 5) is 22.3. The number of hydrogen-bond acceptors (Lipinski definition) is 3. The lowest BCUT2D eigenvalue weighted by Crippen LogP contribution is -2.43. The van der Waals surface area contributed by atoms with Crippen molar-refractivity contribution in [3.8, 4) is 0 Å². The maximum Gasteiger partial charge on any atom is 0.242 e. The van der Waals surface area contributed by atoms with Crippen molar-refractivity contribution in [2.24, 2.45) is 0 Å². The normalized spacial score (nSPS) is 20.1. The van der Waals surface area contributed by atoms with Gasteiger partial charge in [0.2, 0.25) is 11.8 Å². The van der Waals surface area contributed by atoms with Gasteiger partial charge in [-0.1, -0.05) is 6.92 Å². The molecule has 86 valence electrons. The minimum Gasteiger partial charge on any atom is -0.353 e. The van der Waals surface area contributed by atoms with E-state index in [2.05, 4.69) is 22.9 Å². The maximum atomic E-state index is 11.5. The summed E-state index contributed by atoms with van der Waals surface area (Å²) in [6.07, 6.45) is 2.17. The summed E-state index contributed by atoms with van der Waals surface area (Å²) in [6, 6.07) is -0.316. The number of nitrogens with one attached hydrogen (secondary N) is 3. The molecule has 0 bridgehead atoms. The van der Waals surface area contributed by atoms with E-state index >= 15 is 0 Å². The Hall–Kier alpha value is -1.10. The van der Waals surface area contributed by atoms with E-state index in [1.165, 1.54) is 0 Å². The first-order valence-corrected chi connectivity index (χ1v) is 5.52. The number of rotatable bonds is 6. The summed E-state index contributed by atoms with van der Waals surface area (Å²) in [5.41, 5.74) is 0. The quantitative estimate of drug-likeness (QED) is 0.515. The van der Waals surface area contributed by atoms with Crippen LogP contribution >= 0.6 is 0 Å². The van der Waals surface area contributed by atoms with Crippen molar-refractivity contribution in [3.63, 3.8) is 0 Å². The second kappa shape index (κ2) is 6.40.